The van der Waals surface area contributed by atoms with Gasteiger partial charge in [-0.1, -0.05) is 121 Å². The quantitative estimate of drug-likeness (QED) is 0.173. The van der Waals surface area contributed by atoms with Gasteiger partial charge in [-0.15, -0.1) is 11.3 Å². The van der Waals surface area contributed by atoms with Gasteiger partial charge in [0.1, 0.15) is 0 Å². The lowest BCUT2D eigenvalue weighted by molar-refractivity contribution is 0.793. The van der Waals surface area contributed by atoms with Crippen molar-refractivity contribution in [2.45, 2.75) is 18.3 Å². The molecule has 0 amide bonds. The first-order valence-electron chi connectivity index (χ1n) is 18.0. The molecule has 0 bridgehead atoms. The summed E-state index contributed by atoms with van der Waals surface area (Å²) in [7, 11) is 0. The number of hydrogen-bond donors (Lipinski definition) is 0. The zero-order valence-corrected chi connectivity index (χ0v) is 28.7. The Balaban J connectivity index is 1.15. The number of hydrogen-bond acceptors (Lipinski definition) is 1. The van der Waals surface area contributed by atoms with Gasteiger partial charge in [0.15, 0.2) is 0 Å². The fraction of sp³-hybridized carbons (Fsp3) is 0.0612. The van der Waals surface area contributed by atoms with Gasteiger partial charge in [-0.25, -0.2) is 0 Å². The van der Waals surface area contributed by atoms with Crippen molar-refractivity contribution in [2.75, 3.05) is 0 Å². The number of allylic oxidation sites excluding steroid dienone is 1. The second kappa shape index (κ2) is 10.1. The van der Waals surface area contributed by atoms with Gasteiger partial charge in [0.25, 0.3) is 0 Å². The van der Waals surface area contributed by atoms with Crippen LogP contribution in [-0.4, -0.2) is 4.57 Å². The standard InChI is InChI=1S/C49H31NS/c1-6-16-41-33(11-1)34-12-2-7-17-42(34)49(41)43-28-31(30-22-26-48-40(27-30)39-15-5-10-20-47(39)51-48)21-24-35(43)36-25-23-32(29-44(36)49)50-45-18-8-3-13-37(45)38-14-4-9-19-46(38)50/h1-9,11-19,21-29H,10,20H2. The van der Waals surface area contributed by atoms with Crippen LogP contribution in [0.1, 0.15) is 39.1 Å². The number of rotatable bonds is 2. The molecule has 2 aromatic heterocycles. The third-order valence-electron chi connectivity index (χ3n) is 11.9. The second-order valence-electron chi connectivity index (χ2n) is 14.3. The summed E-state index contributed by atoms with van der Waals surface area (Å²) in [5, 5.41) is 3.95. The summed E-state index contributed by atoms with van der Waals surface area (Å²) < 4.78 is 3.85. The predicted molar refractivity (Wildman–Crippen MR) is 215 cm³/mol. The van der Waals surface area contributed by atoms with Crippen LogP contribution in [0.5, 0.6) is 0 Å². The first-order valence-corrected chi connectivity index (χ1v) is 18.8. The van der Waals surface area contributed by atoms with Gasteiger partial charge in [0, 0.05) is 31.4 Å². The number of aryl methyl sites for hydroxylation is 1. The van der Waals surface area contributed by atoms with E-state index in [0.717, 1.165) is 12.8 Å². The highest BCUT2D eigenvalue weighted by atomic mass is 32.1. The maximum Gasteiger partial charge on any atom is 0.0726 e. The fourth-order valence-electron chi connectivity index (χ4n) is 9.78. The Bertz CT molecular complexity index is 2890. The minimum atomic E-state index is -0.434. The van der Waals surface area contributed by atoms with Crippen molar-refractivity contribution in [1.82, 2.24) is 4.57 Å². The molecule has 2 heterocycles. The fourth-order valence-corrected chi connectivity index (χ4v) is 11.0. The number of benzene rings is 7. The Labute approximate surface area is 300 Å². The van der Waals surface area contributed by atoms with E-state index in [1.165, 1.54) is 104 Å². The lowest BCUT2D eigenvalue weighted by Crippen LogP contribution is -2.26. The monoisotopic (exact) mass is 665 g/mol. The van der Waals surface area contributed by atoms with Crippen molar-refractivity contribution >= 4 is 49.3 Å². The maximum atomic E-state index is 2.52. The van der Waals surface area contributed by atoms with Crippen LogP contribution in [0.25, 0.3) is 77.0 Å². The van der Waals surface area contributed by atoms with Crippen molar-refractivity contribution in [3.05, 3.63) is 190 Å². The van der Waals surface area contributed by atoms with Crippen molar-refractivity contribution < 1.29 is 0 Å². The molecule has 0 N–H and O–H groups in total. The highest BCUT2D eigenvalue weighted by Crippen LogP contribution is 2.63. The highest BCUT2D eigenvalue weighted by molar-refractivity contribution is 7.19. The molecule has 2 heteroatoms. The van der Waals surface area contributed by atoms with Crippen LogP contribution in [0.2, 0.25) is 0 Å². The number of fused-ring (bicyclic) bond motifs is 16. The average Bonchev–Trinajstić information content (AvgIpc) is 3.91. The molecule has 238 valence electrons. The molecule has 1 nitrogen and oxygen atoms in total. The first-order chi connectivity index (χ1) is 25.3. The average molecular weight is 666 g/mol. The maximum absolute atomic E-state index is 2.52. The number of para-hydroxylation sites is 2. The van der Waals surface area contributed by atoms with Crippen molar-refractivity contribution in [2.24, 2.45) is 0 Å². The van der Waals surface area contributed by atoms with E-state index in [9.17, 15) is 0 Å². The number of aromatic nitrogens is 1. The second-order valence-corrected chi connectivity index (χ2v) is 15.4. The summed E-state index contributed by atoms with van der Waals surface area (Å²) in [6.45, 7) is 0. The summed E-state index contributed by atoms with van der Waals surface area (Å²) in [5.41, 5.74) is 18.0. The summed E-state index contributed by atoms with van der Waals surface area (Å²) in [5.74, 6) is 0. The van der Waals surface area contributed by atoms with Crippen LogP contribution < -0.4 is 0 Å². The van der Waals surface area contributed by atoms with E-state index in [2.05, 4.69) is 168 Å². The molecular weight excluding hydrogens is 635 g/mol. The van der Waals surface area contributed by atoms with E-state index in [4.69, 9.17) is 0 Å². The minimum absolute atomic E-state index is 0.434. The van der Waals surface area contributed by atoms with Gasteiger partial charge in [-0.3, -0.25) is 0 Å². The van der Waals surface area contributed by atoms with Crippen LogP contribution in [0.3, 0.4) is 0 Å². The van der Waals surface area contributed by atoms with Gasteiger partial charge >= 0.3 is 0 Å². The van der Waals surface area contributed by atoms with E-state index < -0.39 is 5.41 Å². The molecule has 3 aliphatic carbocycles. The normalized spacial score (nSPS) is 14.6. The number of thiophene rings is 1. The lowest BCUT2D eigenvalue weighted by Gasteiger charge is -2.31. The van der Waals surface area contributed by atoms with E-state index in [1.54, 1.807) is 0 Å². The zero-order chi connectivity index (χ0) is 33.3. The summed E-state index contributed by atoms with van der Waals surface area (Å²) >= 11 is 1.96. The molecule has 0 atom stereocenters. The molecule has 12 rings (SSSR count). The van der Waals surface area contributed by atoms with Crippen LogP contribution in [0.4, 0.5) is 0 Å². The van der Waals surface area contributed by atoms with Gasteiger partial charge in [0.2, 0.25) is 0 Å². The Kier molecular flexibility index (Phi) is 5.49. The SMILES string of the molecule is C1=Cc2c(sc3ccc(-c4ccc5c(c4)C4(c6ccccc6-c6ccccc64)c4cc(-n6c7ccccc7c7ccccc76)ccc4-5)cc23)CC1. The zero-order valence-electron chi connectivity index (χ0n) is 27.9. The van der Waals surface area contributed by atoms with Crippen LogP contribution >= 0.6 is 11.3 Å². The van der Waals surface area contributed by atoms with Crippen LogP contribution in [0.15, 0.2) is 158 Å². The molecular formula is C49H31NS. The molecule has 3 aliphatic rings. The molecule has 0 saturated carbocycles. The Morgan fingerprint density at radius 1 is 0.490 bits per heavy atom. The van der Waals surface area contributed by atoms with Crippen molar-refractivity contribution in [1.29, 1.82) is 0 Å². The molecule has 9 aromatic rings. The predicted octanol–water partition coefficient (Wildman–Crippen LogP) is 13.0. The third kappa shape index (κ3) is 3.55. The van der Waals surface area contributed by atoms with Gasteiger partial charge in [-0.2, -0.15) is 0 Å². The molecule has 0 saturated heterocycles. The van der Waals surface area contributed by atoms with Gasteiger partial charge < -0.3 is 4.57 Å². The highest BCUT2D eigenvalue weighted by Gasteiger charge is 2.51. The molecule has 0 fully saturated rings. The summed E-state index contributed by atoms with van der Waals surface area (Å²) in [6, 6.07) is 57.5. The van der Waals surface area contributed by atoms with Crippen molar-refractivity contribution in [3.63, 3.8) is 0 Å². The molecule has 51 heavy (non-hydrogen) atoms. The molecule has 1 spiro atoms. The number of nitrogens with zero attached hydrogens (tertiary/aromatic N) is 1. The molecule has 7 aromatic carbocycles. The van der Waals surface area contributed by atoms with E-state index >= 15 is 0 Å². The Hall–Kier alpha value is -5.96. The molecule has 0 radical (unpaired) electrons. The largest absolute Gasteiger partial charge is 0.309 e. The Morgan fingerprint density at radius 3 is 1.82 bits per heavy atom. The van der Waals surface area contributed by atoms with Crippen molar-refractivity contribution in [3.8, 4) is 39.1 Å². The van der Waals surface area contributed by atoms with Gasteiger partial charge in [-0.05, 0) is 117 Å². The minimum Gasteiger partial charge on any atom is -0.309 e. The van der Waals surface area contributed by atoms with E-state index in [-0.39, 0.29) is 0 Å². The van der Waals surface area contributed by atoms with Crippen LogP contribution in [-0.2, 0) is 11.8 Å². The van der Waals surface area contributed by atoms with E-state index in [1.807, 2.05) is 11.3 Å². The Morgan fingerprint density at radius 2 is 1.08 bits per heavy atom. The summed E-state index contributed by atoms with van der Waals surface area (Å²) in [4.78, 5) is 1.52. The van der Waals surface area contributed by atoms with Crippen LogP contribution in [0, 0.1) is 0 Å². The lowest BCUT2D eigenvalue weighted by atomic mass is 9.70. The third-order valence-corrected chi connectivity index (χ3v) is 13.1. The topological polar surface area (TPSA) is 4.93 Å². The first kappa shape index (κ1) is 27.8. The smallest absolute Gasteiger partial charge is 0.0726 e. The molecule has 0 unspecified atom stereocenters. The van der Waals surface area contributed by atoms with E-state index in [0.29, 0.717) is 0 Å². The van der Waals surface area contributed by atoms with Gasteiger partial charge in [0.05, 0.1) is 16.4 Å². The summed E-state index contributed by atoms with van der Waals surface area (Å²) in [6.07, 6.45) is 6.97. The molecule has 0 aliphatic heterocycles.